The Hall–Kier alpha value is -2.02. The first kappa shape index (κ1) is 15.4. The van der Waals surface area contributed by atoms with E-state index in [1.807, 2.05) is 18.6 Å². The fourth-order valence-electron chi connectivity index (χ4n) is 1.72. The molecule has 21 heavy (non-hydrogen) atoms. The maximum absolute atomic E-state index is 13.4. The third-order valence-corrected chi connectivity index (χ3v) is 4.30. The van der Waals surface area contributed by atoms with E-state index in [0.717, 1.165) is 17.7 Å². The fourth-order valence-corrected chi connectivity index (χ4v) is 2.78. The fraction of sp³-hybridized carbons (Fsp3) is 0.214. The molecule has 1 N–H and O–H groups in total. The first-order chi connectivity index (χ1) is 9.79. The highest BCUT2D eigenvalue weighted by molar-refractivity contribution is 7.92. The van der Waals surface area contributed by atoms with Crippen molar-refractivity contribution in [2.45, 2.75) is 24.7 Å². The zero-order chi connectivity index (χ0) is 15.6. The molecule has 1 aromatic carbocycles. The van der Waals surface area contributed by atoms with Crippen molar-refractivity contribution < 1.29 is 17.2 Å². The van der Waals surface area contributed by atoms with E-state index < -0.39 is 27.6 Å². The largest absolute Gasteiger partial charge is 0.275 e. The van der Waals surface area contributed by atoms with Crippen molar-refractivity contribution in [2.75, 3.05) is 4.72 Å². The number of halogens is 2. The van der Waals surface area contributed by atoms with Crippen molar-refractivity contribution in [2.24, 2.45) is 0 Å². The van der Waals surface area contributed by atoms with Gasteiger partial charge < -0.3 is 0 Å². The van der Waals surface area contributed by atoms with Crippen LogP contribution in [-0.4, -0.2) is 13.4 Å². The number of benzene rings is 1. The highest BCUT2D eigenvalue weighted by Crippen LogP contribution is 2.21. The van der Waals surface area contributed by atoms with Gasteiger partial charge in [0.05, 0.1) is 4.90 Å². The summed E-state index contributed by atoms with van der Waals surface area (Å²) in [6.07, 6.45) is 0. The molecule has 1 heterocycles. The molecule has 0 amide bonds. The number of aromatic nitrogens is 1. The van der Waals surface area contributed by atoms with Crippen LogP contribution in [0.15, 0.2) is 41.3 Å². The van der Waals surface area contributed by atoms with Gasteiger partial charge in [0.2, 0.25) is 11.9 Å². The van der Waals surface area contributed by atoms with Crippen LogP contribution in [0.2, 0.25) is 0 Å². The van der Waals surface area contributed by atoms with Crippen LogP contribution in [0, 0.1) is 11.9 Å². The van der Waals surface area contributed by atoms with Crippen molar-refractivity contribution in [1.29, 1.82) is 0 Å². The lowest BCUT2D eigenvalue weighted by Gasteiger charge is -2.10. The summed E-state index contributed by atoms with van der Waals surface area (Å²) in [6, 6.07) is 8.12. The van der Waals surface area contributed by atoms with Gasteiger partial charge in [-0.25, -0.2) is 8.42 Å². The quantitative estimate of drug-likeness (QED) is 0.881. The van der Waals surface area contributed by atoms with Gasteiger partial charge in [0.25, 0.3) is 10.0 Å². The van der Waals surface area contributed by atoms with E-state index in [0.29, 0.717) is 0 Å². The second kappa shape index (κ2) is 5.77. The Balaban J connectivity index is 2.29. The maximum atomic E-state index is 13.4. The lowest BCUT2D eigenvalue weighted by molar-refractivity contribution is 0.515. The molecule has 0 unspecified atom stereocenters. The topological polar surface area (TPSA) is 59.1 Å². The summed E-state index contributed by atoms with van der Waals surface area (Å²) in [4.78, 5) is 2.92. The average molecular weight is 312 g/mol. The zero-order valence-electron chi connectivity index (χ0n) is 11.5. The molecule has 2 aromatic rings. The van der Waals surface area contributed by atoms with E-state index >= 15 is 0 Å². The first-order valence-electron chi connectivity index (χ1n) is 6.24. The normalized spacial score (nSPS) is 11.7. The van der Waals surface area contributed by atoms with Crippen molar-refractivity contribution in [1.82, 2.24) is 4.98 Å². The lowest BCUT2D eigenvalue weighted by atomic mass is 10.0. The molecule has 7 heteroatoms. The molecule has 0 atom stereocenters. The Morgan fingerprint density at radius 2 is 1.67 bits per heavy atom. The minimum atomic E-state index is -3.94. The number of rotatable bonds is 4. The van der Waals surface area contributed by atoms with Crippen molar-refractivity contribution >= 4 is 15.7 Å². The summed E-state index contributed by atoms with van der Waals surface area (Å²) in [7, 11) is -3.94. The second-order valence-corrected chi connectivity index (χ2v) is 6.48. The third kappa shape index (κ3) is 3.55. The molecule has 0 bridgehead atoms. The summed E-state index contributed by atoms with van der Waals surface area (Å²) in [5.74, 6) is -1.96. The highest BCUT2D eigenvalue weighted by Gasteiger charge is 2.17. The van der Waals surface area contributed by atoms with Crippen molar-refractivity contribution in [3.05, 3.63) is 53.9 Å². The van der Waals surface area contributed by atoms with Gasteiger partial charge in [-0.3, -0.25) is 4.72 Å². The second-order valence-electron chi connectivity index (χ2n) is 4.80. The molecular formula is C14H14F2N2O2S. The third-order valence-electron chi connectivity index (χ3n) is 2.92. The predicted octanol–water partition coefficient (Wildman–Crippen LogP) is 3.28. The highest BCUT2D eigenvalue weighted by atomic mass is 32.2. The molecule has 0 aliphatic rings. The first-order valence-corrected chi connectivity index (χ1v) is 7.73. The summed E-state index contributed by atoms with van der Waals surface area (Å²) < 4.78 is 52.4. The summed E-state index contributed by atoms with van der Waals surface area (Å²) in [5.41, 5.74) is 0.591. The number of hydrogen-bond acceptors (Lipinski definition) is 3. The Morgan fingerprint density at radius 3 is 2.19 bits per heavy atom. The lowest BCUT2D eigenvalue weighted by Crippen LogP contribution is -2.14. The molecule has 0 saturated carbocycles. The molecule has 1 aromatic heterocycles. The van der Waals surface area contributed by atoms with Crippen LogP contribution in [0.5, 0.6) is 0 Å². The van der Waals surface area contributed by atoms with Gasteiger partial charge in [-0.1, -0.05) is 26.0 Å². The van der Waals surface area contributed by atoms with E-state index in [9.17, 15) is 17.2 Å². The van der Waals surface area contributed by atoms with Crippen LogP contribution >= 0.6 is 0 Å². The number of pyridine rings is 1. The smallest absolute Gasteiger partial charge is 0.262 e. The van der Waals surface area contributed by atoms with E-state index in [-0.39, 0.29) is 10.8 Å². The minimum Gasteiger partial charge on any atom is -0.275 e. The van der Waals surface area contributed by atoms with E-state index in [2.05, 4.69) is 4.98 Å². The van der Waals surface area contributed by atoms with E-state index in [1.54, 1.807) is 12.1 Å². The van der Waals surface area contributed by atoms with Crippen LogP contribution < -0.4 is 4.72 Å². The van der Waals surface area contributed by atoms with E-state index in [1.165, 1.54) is 12.1 Å². The van der Waals surface area contributed by atoms with Gasteiger partial charge in [0.15, 0.2) is 0 Å². The summed E-state index contributed by atoms with van der Waals surface area (Å²) in [6.45, 7) is 3.97. The SMILES string of the molecule is CC(C)c1ccc(S(=O)(=O)Nc2ccc(F)nc2F)cc1. The molecule has 0 saturated heterocycles. The number of nitrogens with one attached hydrogen (secondary N) is 1. The molecule has 4 nitrogen and oxygen atoms in total. The Kier molecular flexibility index (Phi) is 4.22. The molecule has 112 valence electrons. The Labute approximate surface area is 121 Å². The monoisotopic (exact) mass is 312 g/mol. The van der Waals surface area contributed by atoms with Gasteiger partial charge in [-0.05, 0) is 35.7 Å². The molecule has 2 rings (SSSR count). The molecular weight excluding hydrogens is 298 g/mol. The average Bonchev–Trinajstić information content (AvgIpc) is 2.42. The van der Waals surface area contributed by atoms with Gasteiger partial charge in [0.1, 0.15) is 5.69 Å². The van der Waals surface area contributed by atoms with Crippen LogP contribution in [-0.2, 0) is 10.0 Å². The van der Waals surface area contributed by atoms with Gasteiger partial charge in [-0.15, -0.1) is 0 Å². The molecule has 0 fully saturated rings. The number of anilines is 1. The maximum Gasteiger partial charge on any atom is 0.262 e. The van der Waals surface area contributed by atoms with Gasteiger partial charge in [0, 0.05) is 0 Å². The number of sulfonamides is 1. The van der Waals surface area contributed by atoms with Crippen LogP contribution in [0.1, 0.15) is 25.3 Å². The summed E-state index contributed by atoms with van der Waals surface area (Å²) >= 11 is 0. The molecule has 0 aliphatic carbocycles. The van der Waals surface area contributed by atoms with E-state index in [4.69, 9.17) is 0 Å². The van der Waals surface area contributed by atoms with Gasteiger partial charge >= 0.3 is 0 Å². The zero-order valence-corrected chi connectivity index (χ0v) is 12.3. The molecule has 0 aliphatic heterocycles. The van der Waals surface area contributed by atoms with Crippen LogP contribution in [0.25, 0.3) is 0 Å². The van der Waals surface area contributed by atoms with Crippen LogP contribution in [0.3, 0.4) is 0 Å². The molecule has 0 spiro atoms. The number of hydrogen-bond donors (Lipinski definition) is 1. The Morgan fingerprint density at radius 1 is 1.05 bits per heavy atom. The summed E-state index contributed by atoms with van der Waals surface area (Å²) in [5, 5.41) is 0. The standard InChI is InChI=1S/C14H14F2N2O2S/c1-9(2)10-3-5-11(6-4-10)21(19,20)18-12-7-8-13(15)17-14(12)16/h3-9,18H,1-2H3. The number of nitrogens with zero attached hydrogens (tertiary/aromatic N) is 1. The molecule has 0 radical (unpaired) electrons. The Bertz CT molecular complexity index is 744. The van der Waals surface area contributed by atoms with Gasteiger partial charge in [-0.2, -0.15) is 13.8 Å². The van der Waals surface area contributed by atoms with Crippen molar-refractivity contribution in [3.63, 3.8) is 0 Å². The van der Waals surface area contributed by atoms with Crippen LogP contribution in [0.4, 0.5) is 14.5 Å². The van der Waals surface area contributed by atoms with Crippen molar-refractivity contribution in [3.8, 4) is 0 Å². The predicted molar refractivity (Wildman–Crippen MR) is 75.5 cm³/mol. The minimum absolute atomic E-state index is 0.00405.